The normalized spacial score (nSPS) is 31.3. The number of hydrogen-bond donors (Lipinski definition) is 1. The van der Waals surface area contributed by atoms with Gasteiger partial charge in [-0.05, 0) is 26.7 Å². The van der Waals surface area contributed by atoms with Gasteiger partial charge < -0.3 is 15.0 Å². The summed E-state index contributed by atoms with van der Waals surface area (Å²) < 4.78 is 5.54. The molecule has 1 heterocycles. The summed E-state index contributed by atoms with van der Waals surface area (Å²) in [6.45, 7) is 5.43. The van der Waals surface area contributed by atoms with Gasteiger partial charge >= 0.3 is 6.03 Å². The van der Waals surface area contributed by atoms with Crippen LogP contribution in [0.2, 0.25) is 0 Å². The molecule has 98 valence electrons. The van der Waals surface area contributed by atoms with Crippen LogP contribution in [0.4, 0.5) is 4.79 Å². The van der Waals surface area contributed by atoms with E-state index >= 15 is 0 Å². The molecule has 1 aliphatic carbocycles. The number of hydrogen-bond acceptors (Lipinski definition) is 2. The third kappa shape index (κ3) is 3.35. The van der Waals surface area contributed by atoms with Gasteiger partial charge in [0.15, 0.2) is 0 Å². The van der Waals surface area contributed by atoms with E-state index in [1.807, 2.05) is 18.7 Å². The van der Waals surface area contributed by atoms with Crippen LogP contribution in [0, 0.1) is 0 Å². The lowest BCUT2D eigenvalue weighted by Crippen LogP contribution is -2.55. The van der Waals surface area contributed by atoms with Gasteiger partial charge in [0.1, 0.15) is 0 Å². The summed E-state index contributed by atoms with van der Waals surface area (Å²) in [4.78, 5) is 14.1. The van der Waals surface area contributed by atoms with E-state index in [0.29, 0.717) is 19.2 Å². The molecule has 1 N–H and O–H groups in total. The van der Waals surface area contributed by atoms with E-state index < -0.39 is 0 Å². The lowest BCUT2D eigenvalue weighted by atomic mass is 9.96. The first-order chi connectivity index (χ1) is 8.16. The fraction of sp³-hybridized carbons (Fsp3) is 0.923. The van der Waals surface area contributed by atoms with Crippen molar-refractivity contribution in [2.45, 2.75) is 64.1 Å². The summed E-state index contributed by atoms with van der Waals surface area (Å²) in [5.41, 5.74) is 0. The number of carbonyl (C=O) groups is 1. The van der Waals surface area contributed by atoms with Crippen LogP contribution >= 0.6 is 0 Å². The minimum Gasteiger partial charge on any atom is -0.375 e. The number of morpholine rings is 1. The van der Waals surface area contributed by atoms with Gasteiger partial charge in [0.2, 0.25) is 0 Å². The molecule has 2 aliphatic rings. The Morgan fingerprint density at radius 3 is 2.65 bits per heavy atom. The standard InChI is InChI=1S/C13H24N2O2/c1-10-9-17-11(2)8-15(10)13(16)14-12-6-4-3-5-7-12/h10-12H,3-9H2,1-2H3,(H,14,16). The summed E-state index contributed by atoms with van der Waals surface area (Å²) in [7, 11) is 0. The van der Waals surface area contributed by atoms with Gasteiger partial charge in [-0.3, -0.25) is 0 Å². The van der Waals surface area contributed by atoms with E-state index in [1.165, 1.54) is 19.3 Å². The molecule has 0 spiro atoms. The molecule has 1 saturated carbocycles. The molecule has 2 atom stereocenters. The molecule has 2 amide bonds. The summed E-state index contributed by atoms with van der Waals surface area (Å²) in [5, 5.41) is 3.17. The quantitative estimate of drug-likeness (QED) is 0.763. The molecule has 2 fully saturated rings. The highest BCUT2D eigenvalue weighted by molar-refractivity contribution is 5.75. The molecule has 0 radical (unpaired) electrons. The summed E-state index contributed by atoms with van der Waals surface area (Å²) in [6, 6.07) is 0.677. The van der Waals surface area contributed by atoms with Crippen LogP contribution in [0.5, 0.6) is 0 Å². The van der Waals surface area contributed by atoms with E-state index in [2.05, 4.69) is 5.32 Å². The van der Waals surface area contributed by atoms with Crippen LogP contribution < -0.4 is 5.32 Å². The minimum atomic E-state index is 0.0968. The zero-order valence-electron chi connectivity index (χ0n) is 10.9. The highest BCUT2D eigenvalue weighted by atomic mass is 16.5. The van der Waals surface area contributed by atoms with Crippen molar-refractivity contribution in [2.75, 3.05) is 13.2 Å². The zero-order valence-corrected chi connectivity index (χ0v) is 10.9. The van der Waals surface area contributed by atoms with Crippen molar-refractivity contribution < 1.29 is 9.53 Å². The highest BCUT2D eigenvalue weighted by Crippen LogP contribution is 2.18. The molecular weight excluding hydrogens is 216 g/mol. The number of nitrogens with one attached hydrogen (secondary N) is 1. The van der Waals surface area contributed by atoms with Crippen LogP contribution in [0.25, 0.3) is 0 Å². The van der Waals surface area contributed by atoms with Crippen molar-refractivity contribution in [2.24, 2.45) is 0 Å². The summed E-state index contributed by atoms with van der Waals surface area (Å²) >= 11 is 0. The number of urea groups is 1. The molecule has 1 saturated heterocycles. The molecule has 2 rings (SSSR count). The van der Waals surface area contributed by atoms with Crippen molar-refractivity contribution in [1.82, 2.24) is 10.2 Å². The Morgan fingerprint density at radius 1 is 1.24 bits per heavy atom. The van der Waals surface area contributed by atoms with E-state index in [9.17, 15) is 4.79 Å². The van der Waals surface area contributed by atoms with Gasteiger partial charge in [-0.2, -0.15) is 0 Å². The van der Waals surface area contributed by atoms with Crippen LogP contribution in [0.15, 0.2) is 0 Å². The van der Waals surface area contributed by atoms with Crippen LogP contribution in [-0.2, 0) is 4.74 Å². The van der Waals surface area contributed by atoms with E-state index in [0.717, 1.165) is 12.8 Å². The largest absolute Gasteiger partial charge is 0.375 e. The lowest BCUT2D eigenvalue weighted by Gasteiger charge is -2.38. The first kappa shape index (κ1) is 12.7. The Hall–Kier alpha value is -0.770. The third-order valence-electron chi connectivity index (χ3n) is 3.80. The molecule has 4 heteroatoms. The van der Waals surface area contributed by atoms with Gasteiger partial charge in [-0.15, -0.1) is 0 Å². The minimum absolute atomic E-state index is 0.0968. The maximum atomic E-state index is 12.2. The Balaban J connectivity index is 1.85. The first-order valence-electron chi connectivity index (χ1n) is 6.85. The molecule has 2 unspecified atom stereocenters. The second-order valence-corrected chi connectivity index (χ2v) is 5.43. The molecule has 17 heavy (non-hydrogen) atoms. The molecule has 0 aromatic heterocycles. The van der Waals surface area contributed by atoms with Crippen molar-refractivity contribution in [1.29, 1.82) is 0 Å². The van der Waals surface area contributed by atoms with Crippen molar-refractivity contribution in [3.63, 3.8) is 0 Å². The topological polar surface area (TPSA) is 41.6 Å². The number of nitrogens with zero attached hydrogens (tertiary/aromatic N) is 1. The fourth-order valence-corrected chi connectivity index (χ4v) is 2.69. The highest BCUT2D eigenvalue weighted by Gasteiger charge is 2.28. The summed E-state index contributed by atoms with van der Waals surface area (Å²) in [6.07, 6.45) is 6.25. The van der Waals surface area contributed by atoms with Gasteiger partial charge in [0, 0.05) is 12.6 Å². The average Bonchev–Trinajstić information content (AvgIpc) is 2.33. The molecule has 4 nitrogen and oxygen atoms in total. The third-order valence-corrected chi connectivity index (χ3v) is 3.80. The van der Waals surface area contributed by atoms with Crippen molar-refractivity contribution in [3.8, 4) is 0 Å². The number of ether oxygens (including phenoxy) is 1. The lowest BCUT2D eigenvalue weighted by molar-refractivity contribution is -0.0322. The van der Waals surface area contributed by atoms with E-state index in [1.54, 1.807) is 0 Å². The number of carbonyl (C=O) groups excluding carboxylic acids is 1. The van der Waals surface area contributed by atoms with Crippen LogP contribution in [0.3, 0.4) is 0 Å². The smallest absolute Gasteiger partial charge is 0.318 e. The molecule has 0 aromatic carbocycles. The zero-order chi connectivity index (χ0) is 12.3. The van der Waals surface area contributed by atoms with Crippen molar-refractivity contribution >= 4 is 6.03 Å². The molecule has 1 aliphatic heterocycles. The average molecular weight is 240 g/mol. The second-order valence-electron chi connectivity index (χ2n) is 5.43. The van der Waals surface area contributed by atoms with Crippen LogP contribution in [0.1, 0.15) is 46.0 Å². The fourth-order valence-electron chi connectivity index (χ4n) is 2.69. The number of rotatable bonds is 1. The monoisotopic (exact) mass is 240 g/mol. The SMILES string of the molecule is CC1CN(C(=O)NC2CCCCC2)C(C)CO1. The Labute approximate surface area is 104 Å². The number of amides is 2. The van der Waals surface area contributed by atoms with E-state index in [4.69, 9.17) is 4.74 Å². The maximum absolute atomic E-state index is 12.2. The Morgan fingerprint density at radius 2 is 1.94 bits per heavy atom. The van der Waals surface area contributed by atoms with Crippen molar-refractivity contribution in [3.05, 3.63) is 0 Å². The predicted molar refractivity (Wildman–Crippen MR) is 67.0 cm³/mol. The Bertz CT molecular complexity index is 264. The van der Waals surface area contributed by atoms with Gasteiger partial charge in [-0.25, -0.2) is 4.79 Å². The van der Waals surface area contributed by atoms with Gasteiger partial charge in [-0.1, -0.05) is 19.3 Å². The van der Waals surface area contributed by atoms with Crippen LogP contribution in [-0.4, -0.2) is 42.3 Å². The molecule has 0 aromatic rings. The Kier molecular flexibility index (Phi) is 4.26. The maximum Gasteiger partial charge on any atom is 0.318 e. The summed E-state index contributed by atoms with van der Waals surface area (Å²) in [5.74, 6) is 0. The molecule has 0 bridgehead atoms. The van der Waals surface area contributed by atoms with E-state index in [-0.39, 0.29) is 18.2 Å². The second kappa shape index (κ2) is 5.71. The van der Waals surface area contributed by atoms with Gasteiger partial charge in [0.05, 0.1) is 18.8 Å². The molecular formula is C13H24N2O2. The first-order valence-corrected chi connectivity index (χ1v) is 6.85. The predicted octanol–water partition coefficient (Wildman–Crippen LogP) is 2.14. The van der Waals surface area contributed by atoms with Gasteiger partial charge in [0.25, 0.3) is 0 Å².